The van der Waals surface area contributed by atoms with E-state index in [2.05, 4.69) is 25.0 Å². The summed E-state index contributed by atoms with van der Waals surface area (Å²) in [6.45, 7) is 0. The fourth-order valence-electron chi connectivity index (χ4n) is 2.88. The summed E-state index contributed by atoms with van der Waals surface area (Å²) >= 11 is 0. The van der Waals surface area contributed by atoms with E-state index in [9.17, 15) is 9.59 Å². The number of ether oxygens (including phenoxy) is 1. The second kappa shape index (κ2) is 7.89. The van der Waals surface area contributed by atoms with Crippen LogP contribution in [0.1, 0.15) is 5.69 Å². The van der Waals surface area contributed by atoms with Crippen molar-refractivity contribution in [1.82, 2.24) is 19.5 Å². The molecule has 2 aromatic carbocycles. The summed E-state index contributed by atoms with van der Waals surface area (Å²) < 4.78 is 6.11. The minimum atomic E-state index is -0.545. The van der Waals surface area contributed by atoms with Crippen LogP contribution < -0.4 is 10.9 Å². The molecule has 0 bridgehead atoms. The minimum Gasteiger partial charge on any atom is -0.469 e. The summed E-state index contributed by atoms with van der Waals surface area (Å²) in [5.41, 5.74) is 1.80. The smallest absolute Gasteiger partial charge is 0.311 e. The highest BCUT2D eigenvalue weighted by molar-refractivity contribution is 5.76. The predicted octanol–water partition coefficient (Wildman–Crippen LogP) is 2.63. The highest BCUT2D eigenvalue weighted by Gasteiger charge is 2.17. The Hall–Kier alpha value is -4.07. The van der Waals surface area contributed by atoms with Crippen LogP contribution in [0.3, 0.4) is 0 Å². The molecule has 4 aromatic rings. The summed E-state index contributed by atoms with van der Waals surface area (Å²) in [7, 11) is 1.27. The van der Waals surface area contributed by atoms with Crippen LogP contribution in [0, 0.1) is 0 Å². The number of fused-ring (bicyclic) bond motifs is 1. The number of methoxy groups -OCH3 is 1. The van der Waals surface area contributed by atoms with Gasteiger partial charge in [0, 0.05) is 5.69 Å². The molecule has 0 spiro atoms. The van der Waals surface area contributed by atoms with Crippen molar-refractivity contribution < 1.29 is 9.53 Å². The zero-order chi connectivity index (χ0) is 20.2. The summed E-state index contributed by atoms with van der Waals surface area (Å²) in [6.07, 6.45) is 1.29. The molecule has 1 N–H and O–H groups in total. The van der Waals surface area contributed by atoms with E-state index < -0.39 is 11.5 Å². The highest BCUT2D eigenvalue weighted by Crippen LogP contribution is 2.17. The van der Waals surface area contributed by atoms with Gasteiger partial charge in [0.15, 0.2) is 5.65 Å². The lowest BCUT2D eigenvalue weighted by molar-refractivity contribution is -0.139. The molecule has 0 aliphatic carbocycles. The first kappa shape index (κ1) is 18.3. The quantitative estimate of drug-likeness (QED) is 0.526. The van der Waals surface area contributed by atoms with Crippen LogP contribution >= 0.6 is 0 Å². The van der Waals surface area contributed by atoms with Crippen molar-refractivity contribution in [2.45, 2.75) is 6.42 Å². The van der Waals surface area contributed by atoms with Gasteiger partial charge in [0.1, 0.15) is 11.2 Å². The molecule has 8 nitrogen and oxygen atoms in total. The molecule has 0 aliphatic rings. The SMILES string of the molecule is COC(=O)Cc1nc2cnc(Nc3ccccc3)nc2n(-c2ccccc2)c1=O. The molecule has 0 unspecified atom stereocenters. The number of aromatic nitrogens is 4. The van der Waals surface area contributed by atoms with Crippen molar-refractivity contribution >= 4 is 28.8 Å². The van der Waals surface area contributed by atoms with E-state index >= 15 is 0 Å². The third kappa shape index (κ3) is 3.81. The number of carbonyl (C=O) groups excluding carboxylic acids is 1. The second-order valence-electron chi connectivity index (χ2n) is 6.18. The fourth-order valence-corrected chi connectivity index (χ4v) is 2.88. The van der Waals surface area contributed by atoms with Crippen molar-refractivity contribution in [3.63, 3.8) is 0 Å². The van der Waals surface area contributed by atoms with Gasteiger partial charge in [-0.1, -0.05) is 36.4 Å². The number of para-hydroxylation sites is 2. The van der Waals surface area contributed by atoms with Gasteiger partial charge in [-0.25, -0.2) is 9.97 Å². The van der Waals surface area contributed by atoms with Crippen molar-refractivity contribution in [1.29, 1.82) is 0 Å². The number of hydrogen-bond donors (Lipinski definition) is 1. The van der Waals surface area contributed by atoms with Crippen molar-refractivity contribution in [3.8, 4) is 5.69 Å². The van der Waals surface area contributed by atoms with Crippen molar-refractivity contribution in [3.05, 3.63) is 82.9 Å². The topological polar surface area (TPSA) is 99.0 Å². The predicted molar refractivity (Wildman–Crippen MR) is 108 cm³/mol. The van der Waals surface area contributed by atoms with Crippen molar-refractivity contribution in [2.75, 3.05) is 12.4 Å². The van der Waals surface area contributed by atoms with Gasteiger partial charge in [0.25, 0.3) is 5.56 Å². The van der Waals surface area contributed by atoms with Crippen LogP contribution in [0.5, 0.6) is 0 Å². The van der Waals surface area contributed by atoms with Gasteiger partial charge < -0.3 is 10.1 Å². The lowest BCUT2D eigenvalue weighted by atomic mass is 10.2. The molecule has 8 heteroatoms. The van der Waals surface area contributed by atoms with Crippen LogP contribution in [-0.4, -0.2) is 32.6 Å². The Bertz CT molecular complexity index is 1220. The van der Waals surface area contributed by atoms with Crippen LogP contribution in [0.25, 0.3) is 16.9 Å². The van der Waals surface area contributed by atoms with Gasteiger partial charge in [0.2, 0.25) is 5.95 Å². The maximum Gasteiger partial charge on any atom is 0.311 e. The number of nitrogens with one attached hydrogen (secondary N) is 1. The molecule has 0 saturated carbocycles. The van der Waals surface area contributed by atoms with Gasteiger partial charge >= 0.3 is 5.97 Å². The van der Waals surface area contributed by atoms with E-state index in [-0.39, 0.29) is 12.1 Å². The fraction of sp³-hybridized carbons (Fsp3) is 0.0952. The number of esters is 1. The molecule has 2 aromatic heterocycles. The van der Waals surface area contributed by atoms with Crippen LogP contribution in [0.2, 0.25) is 0 Å². The third-order valence-corrected chi connectivity index (χ3v) is 4.25. The minimum absolute atomic E-state index is 0.0700. The first-order valence-electron chi connectivity index (χ1n) is 8.88. The molecule has 0 aliphatic heterocycles. The average Bonchev–Trinajstić information content (AvgIpc) is 2.76. The molecule has 29 heavy (non-hydrogen) atoms. The summed E-state index contributed by atoms with van der Waals surface area (Å²) in [6, 6.07) is 18.5. The van der Waals surface area contributed by atoms with Crippen LogP contribution in [0.15, 0.2) is 71.7 Å². The first-order chi connectivity index (χ1) is 14.2. The molecule has 0 saturated heterocycles. The largest absolute Gasteiger partial charge is 0.469 e. The monoisotopic (exact) mass is 387 g/mol. The molecule has 0 fully saturated rings. The number of anilines is 2. The molecule has 2 heterocycles. The molecular formula is C21H17N5O3. The van der Waals surface area contributed by atoms with Crippen molar-refractivity contribution in [2.24, 2.45) is 0 Å². The van der Waals surface area contributed by atoms with Crippen LogP contribution in [-0.2, 0) is 16.0 Å². The van der Waals surface area contributed by atoms with Gasteiger partial charge in [-0.05, 0) is 24.3 Å². The normalized spacial score (nSPS) is 10.7. The molecular weight excluding hydrogens is 370 g/mol. The Labute approximate surface area is 165 Å². The molecule has 0 amide bonds. The van der Waals surface area contributed by atoms with E-state index in [1.165, 1.54) is 17.9 Å². The summed E-state index contributed by atoms with van der Waals surface area (Å²) in [5, 5.41) is 3.11. The lowest BCUT2D eigenvalue weighted by Gasteiger charge is -2.12. The molecule has 4 rings (SSSR count). The first-order valence-corrected chi connectivity index (χ1v) is 8.88. The van der Waals surface area contributed by atoms with E-state index in [0.717, 1.165) is 5.69 Å². The maximum absolute atomic E-state index is 13.1. The number of rotatable bonds is 5. The lowest BCUT2D eigenvalue weighted by Crippen LogP contribution is -2.27. The van der Waals surface area contributed by atoms with Gasteiger partial charge in [0.05, 0.1) is 25.4 Å². The van der Waals surface area contributed by atoms with Gasteiger partial charge in [-0.2, -0.15) is 4.98 Å². The average molecular weight is 387 g/mol. The number of carbonyl (C=O) groups is 1. The van der Waals surface area contributed by atoms with E-state index in [4.69, 9.17) is 0 Å². The zero-order valence-corrected chi connectivity index (χ0v) is 15.6. The highest BCUT2D eigenvalue weighted by atomic mass is 16.5. The number of nitrogens with zero attached hydrogens (tertiary/aromatic N) is 4. The van der Waals surface area contributed by atoms with Gasteiger partial charge in [-0.3, -0.25) is 14.2 Å². The Balaban J connectivity index is 1.90. The third-order valence-electron chi connectivity index (χ3n) is 4.25. The molecule has 0 atom stereocenters. The Morgan fingerprint density at radius 2 is 1.72 bits per heavy atom. The van der Waals surface area contributed by atoms with E-state index in [1.807, 2.05) is 48.5 Å². The van der Waals surface area contributed by atoms with Crippen LogP contribution in [0.4, 0.5) is 11.6 Å². The second-order valence-corrected chi connectivity index (χ2v) is 6.18. The number of hydrogen-bond acceptors (Lipinski definition) is 7. The maximum atomic E-state index is 13.1. The number of benzene rings is 2. The standard InChI is InChI=1S/C21H17N5O3/c1-29-18(27)12-16-20(28)26(15-10-6-3-7-11-15)19-17(24-16)13-22-21(25-19)23-14-8-4-2-5-9-14/h2-11,13H,12H2,1H3,(H,22,23,25). The van der Waals surface area contributed by atoms with E-state index in [1.54, 1.807) is 12.1 Å². The molecule has 0 radical (unpaired) electrons. The Morgan fingerprint density at radius 1 is 1.03 bits per heavy atom. The zero-order valence-electron chi connectivity index (χ0n) is 15.6. The Kier molecular flexibility index (Phi) is 4.98. The summed E-state index contributed by atoms with van der Waals surface area (Å²) in [4.78, 5) is 38.0. The van der Waals surface area contributed by atoms with E-state index in [0.29, 0.717) is 22.8 Å². The van der Waals surface area contributed by atoms with Gasteiger partial charge in [-0.15, -0.1) is 0 Å². The Morgan fingerprint density at radius 3 is 2.41 bits per heavy atom. The summed E-state index contributed by atoms with van der Waals surface area (Å²) in [5.74, 6) is -0.216. The molecule has 144 valence electrons.